The summed E-state index contributed by atoms with van der Waals surface area (Å²) in [7, 11) is 0. The third-order valence-corrected chi connectivity index (χ3v) is 5.36. The van der Waals surface area contributed by atoms with Gasteiger partial charge in [0.1, 0.15) is 12.1 Å². The second-order valence-electron chi connectivity index (χ2n) is 7.29. The summed E-state index contributed by atoms with van der Waals surface area (Å²) in [4.78, 5) is 23.9. The zero-order valence-electron chi connectivity index (χ0n) is 17.1. The van der Waals surface area contributed by atoms with Crippen LogP contribution in [0.4, 0.5) is 28.8 Å². The summed E-state index contributed by atoms with van der Waals surface area (Å²) < 4.78 is 5.01. The molecule has 10 heteroatoms. The van der Waals surface area contributed by atoms with Crippen molar-refractivity contribution in [1.82, 2.24) is 15.1 Å². The molecule has 1 aliphatic heterocycles. The van der Waals surface area contributed by atoms with Gasteiger partial charge in [0.25, 0.3) is 0 Å². The first-order valence-corrected chi connectivity index (χ1v) is 9.70. The molecule has 3 heterocycles. The van der Waals surface area contributed by atoms with Crippen LogP contribution in [0.15, 0.2) is 35.1 Å². The molecule has 2 aromatic heterocycles. The molecule has 1 N–H and O–H groups in total. The molecule has 30 heavy (non-hydrogen) atoms. The van der Waals surface area contributed by atoms with Crippen molar-refractivity contribution in [1.29, 1.82) is 0 Å². The van der Waals surface area contributed by atoms with Crippen LogP contribution in [-0.4, -0.2) is 46.2 Å². The van der Waals surface area contributed by atoms with Gasteiger partial charge in [-0.2, -0.15) is 0 Å². The Kier molecular flexibility index (Phi) is 5.21. The number of hydrogen-bond acceptors (Lipinski definition) is 9. The molecular weight excluding hydrogens is 386 g/mol. The number of rotatable bonds is 5. The summed E-state index contributed by atoms with van der Waals surface area (Å²) in [6, 6.07) is 7.93. The van der Waals surface area contributed by atoms with Crippen LogP contribution >= 0.6 is 0 Å². The third-order valence-electron chi connectivity index (χ3n) is 5.36. The molecule has 1 aromatic carbocycles. The molecule has 1 fully saturated rings. The molecule has 0 radical (unpaired) electrons. The monoisotopic (exact) mass is 409 g/mol. The van der Waals surface area contributed by atoms with Crippen molar-refractivity contribution in [3.05, 3.63) is 57.6 Å². The van der Waals surface area contributed by atoms with Crippen molar-refractivity contribution < 1.29 is 9.45 Å². The number of nitro groups is 1. The van der Waals surface area contributed by atoms with Gasteiger partial charge in [0.05, 0.1) is 4.92 Å². The summed E-state index contributed by atoms with van der Waals surface area (Å²) in [5.74, 6) is 1.35. The van der Waals surface area contributed by atoms with E-state index in [2.05, 4.69) is 57.4 Å². The van der Waals surface area contributed by atoms with Crippen molar-refractivity contribution in [2.75, 3.05) is 41.3 Å². The normalized spacial score (nSPS) is 14.1. The Morgan fingerprint density at radius 3 is 2.50 bits per heavy atom. The lowest BCUT2D eigenvalue weighted by atomic mass is 10.1. The van der Waals surface area contributed by atoms with Gasteiger partial charge in [-0.1, -0.05) is 17.3 Å². The molecule has 0 bridgehead atoms. The fourth-order valence-corrected chi connectivity index (χ4v) is 3.64. The van der Waals surface area contributed by atoms with Gasteiger partial charge in [0.15, 0.2) is 5.82 Å². The molecule has 0 aliphatic carbocycles. The van der Waals surface area contributed by atoms with Gasteiger partial charge in [-0.15, -0.1) is 0 Å². The van der Waals surface area contributed by atoms with E-state index in [1.54, 1.807) is 13.0 Å². The number of nitrogens with one attached hydrogen (secondary N) is 1. The Morgan fingerprint density at radius 2 is 1.83 bits per heavy atom. The van der Waals surface area contributed by atoms with Gasteiger partial charge in [-0.25, -0.2) is 9.97 Å². The molecule has 0 atom stereocenters. The quantitative estimate of drug-likeness (QED) is 0.500. The molecule has 0 saturated carbocycles. The lowest BCUT2D eigenvalue weighted by Crippen LogP contribution is -2.47. The Bertz CT molecular complexity index is 1070. The fraction of sp³-hybridized carbons (Fsp3) is 0.350. The van der Waals surface area contributed by atoms with E-state index in [-0.39, 0.29) is 11.5 Å². The van der Waals surface area contributed by atoms with Crippen molar-refractivity contribution in [2.24, 2.45) is 0 Å². The number of nitrogens with zero attached hydrogens (tertiary/aromatic N) is 6. The van der Waals surface area contributed by atoms with Crippen LogP contribution < -0.4 is 15.1 Å². The number of benzene rings is 1. The van der Waals surface area contributed by atoms with E-state index in [9.17, 15) is 10.1 Å². The van der Waals surface area contributed by atoms with Gasteiger partial charge in [0, 0.05) is 37.9 Å². The van der Waals surface area contributed by atoms with E-state index in [4.69, 9.17) is 4.52 Å². The van der Waals surface area contributed by atoms with E-state index < -0.39 is 4.92 Å². The molecule has 0 unspecified atom stereocenters. The second kappa shape index (κ2) is 7.97. The van der Waals surface area contributed by atoms with Crippen LogP contribution in [0.5, 0.6) is 0 Å². The summed E-state index contributed by atoms with van der Waals surface area (Å²) in [5.41, 5.74) is 3.54. The Balaban J connectivity index is 1.56. The molecule has 1 saturated heterocycles. The summed E-state index contributed by atoms with van der Waals surface area (Å²) >= 11 is 0. The summed E-state index contributed by atoms with van der Waals surface area (Å²) in [6.07, 6.45) is 1.33. The smallest absolute Gasteiger partial charge is 0.353 e. The summed E-state index contributed by atoms with van der Waals surface area (Å²) in [5, 5.41) is 18.5. The maximum Gasteiger partial charge on any atom is 0.353 e. The van der Waals surface area contributed by atoms with E-state index in [0.717, 1.165) is 13.1 Å². The molecule has 3 aromatic rings. The maximum absolute atomic E-state index is 11.9. The number of piperazine rings is 1. The van der Waals surface area contributed by atoms with Crippen molar-refractivity contribution in [3.8, 4) is 0 Å². The van der Waals surface area contributed by atoms with E-state index in [0.29, 0.717) is 30.5 Å². The molecule has 10 nitrogen and oxygen atoms in total. The molecule has 0 spiro atoms. The van der Waals surface area contributed by atoms with E-state index in [1.807, 2.05) is 4.90 Å². The number of hydrogen-bond donors (Lipinski definition) is 1. The molecule has 156 valence electrons. The second-order valence-corrected chi connectivity index (χ2v) is 7.29. The third kappa shape index (κ3) is 3.76. The summed E-state index contributed by atoms with van der Waals surface area (Å²) in [6.45, 7) is 8.70. The van der Waals surface area contributed by atoms with Gasteiger partial charge in [-0.05, 0) is 38.0 Å². The van der Waals surface area contributed by atoms with Gasteiger partial charge >= 0.3 is 5.69 Å². The van der Waals surface area contributed by atoms with Crippen LogP contribution in [0.25, 0.3) is 0 Å². The van der Waals surface area contributed by atoms with E-state index >= 15 is 0 Å². The highest BCUT2D eigenvalue weighted by atomic mass is 16.6. The first kappa shape index (κ1) is 19.6. The Labute approximate surface area is 173 Å². The van der Waals surface area contributed by atoms with Crippen LogP contribution in [0.2, 0.25) is 0 Å². The maximum atomic E-state index is 11.9. The van der Waals surface area contributed by atoms with Crippen molar-refractivity contribution in [3.63, 3.8) is 0 Å². The van der Waals surface area contributed by atoms with Gasteiger partial charge in [0.2, 0.25) is 11.6 Å². The Morgan fingerprint density at radius 1 is 1.10 bits per heavy atom. The average molecular weight is 409 g/mol. The minimum Gasteiger partial charge on any atom is -0.368 e. The van der Waals surface area contributed by atoms with Gasteiger partial charge in [-0.3, -0.25) is 10.1 Å². The van der Waals surface area contributed by atoms with Crippen LogP contribution in [0, 0.1) is 30.9 Å². The topological polar surface area (TPSA) is 113 Å². The van der Waals surface area contributed by atoms with Crippen molar-refractivity contribution >= 4 is 28.8 Å². The predicted octanol–water partition coefficient (Wildman–Crippen LogP) is 3.37. The minimum absolute atomic E-state index is 0.0928. The molecular formula is C20H23N7O3. The lowest BCUT2D eigenvalue weighted by molar-refractivity contribution is -0.383. The first-order chi connectivity index (χ1) is 14.4. The van der Waals surface area contributed by atoms with Crippen molar-refractivity contribution in [2.45, 2.75) is 20.8 Å². The largest absolute Gasteiger partial charge is 0.368 e. The zero-order valence-corrected chi connectivity index (χ0v) is 17.1. The highest BCUT2D eigenvalue weighted by Gasteiger charge is 2.30. The standard InChI is InChI=1S/C20H23N7O3/c1-13-5-4-6-16(15(13)3)25-7-9-26(10-8-25)20-18(27(28)29)19(21-12-22-20)23-17-11-14(2)30-24-17/h4-6,11-12H,7-10H2,1-3H3,(H,21,22,23,24). The minimum atomic E-state index is -0.457. The molecule has 0 amide bonds. The predicted molar refractivity (Wildman–Crippen MR) is 114 cm³/mol. The number of aromatic nitrogens is 3. The van der Waals surface area contributed by atoms with Gasteiger partial charge < -0.3 is 19.6 Å². The van der Waals surface area contributed by atoms with Crippen LogP contribution in [-0.2, 0) is 0 Å². The molecule has 1 aliphatic rings. The van der Waals surface area contributed by atoms with Crippen LogP contribution in [0.1, 0.15) is 16.9 Å². The first-order valence-electron chi connectivity index (χ1n) is 9.70. The molecule has 4 rings (SSSR count). The average Bonchev–Trinajstić information content (AvgIpc) is 3.14. The fourth-order valence-electron chi connectivity index (χ4n) is 3.64. The number of anilines is 4. The van der Waals surface area contributed by atoms with Crippen LogP contribution in [0.3, 0.4) is 0 Å². The zero-order chi connectivity index (χ0) is 21.3. The number of aryl methyl sites for hydroxylation is 2. The lowest BCUT2D eigenvalue weighted by Gasteiger charge is -2.37. The Hall–Kier alpha value is -3.69. The highest BCUT2D eigenvalue weighted by molar-refractivity contribution is 5.74. The van der Waals surface area contributed by atoms with E-state index in [1.165, 1.54) is 23.1 Å². The SMILES string of the molecule is Cc1cc(Nc2ncnc(N3CCN(c4cccc(C)c4C)CC3)c2[N+](=O)[O-])no1. The highest BCUT2D eigenvalue weighted by Crippen LogP contribution is 2.34.